The first-order valence-electron chi connectivity index (χ1n) is 5.51. The molecule has 2 atom stereocenters. The van der Waals surface area contributed by atoms with Crippen molar-refractivity contribution in [1.29, 1.82) is 0 Å². The Morgan fingerprint density at radius 1 is 1.53 bits per heavy atom. The maximum Gasteiger partial charge on any atom is 0.237 e. The maximum absolute atomic E-state index is 11.6. The summed E-state index contributed by atoms with van der Waals surface area (Å²) in [6, 6.07) is -0.216. The molecule has 17 heavy (non-hydrogen) atoms. The number of carbonyl (C=O) groups is 1. The van der Waals surface area contributed by atoms with Crippen molar-refractivity contribution in [1.82, 2.24) is 15.5 Å². The average Bonchev–Trinajstić information content (AvgIpc) is 2.64. The van der Waals surface area contributed by atoms with Gasteiger partial charge in [0.25, 0.3) is 0 Å². The molecule has 1 fully saturated rings. The summed E-state index contributed by atoms with van der Waals surface area (Å²) in [6.07, 6.45) is 0.147. The maximum atomic E-state index is 11.6. The van der Waals surface area contributed by atoms with Crippen LogP contribution in [0.1, 0.15) is 13.3 Å². The summed E-state index contributed by atoms with van der Waals surface area (Å²) in [6.45, 7) is 5.11. The van der Waals surface area contributed by atoms with Gasteiger partial charge in [-0.3, -0.25) is 4.79 Å². The number of halogens is 2. The van der Waals surface area contributed by atoms with E-state index in [0.717, 1.165) is 13.1 Å². The molecular weight excluding hydrogens is 265 g/mol. The van der Waals surface area contributed by atoms with Crippen molar-refractivity contribution >= 4 is 30.7 Å². The van der Waals surface area contributed by atoms with Crippen LogP contribution in [0.2, 0.25) is 0 Å². The van der Waals surface area contributed by atoms with E-state index in [2.05, 4.69) is 22.5 Å². The lowest BCUT2D eigenvalue weighted by molar-refractivity contribution is -0.122. The fourth-order valence-electron chi connectivity index (χ4n) is 1.57. The van der Waals surface area contributed by atoms with Crippen molar-refractivity contribution in [3.05, 3.63) is 0 Å². The fraction of sp³-hybridized carbons (Fsp3) is 0.900. The van der Waals surface area contributed by atoms with Gasteiger partial charge in [0.05, 0.1) is 12.1 Å². The van der Waals surface area contributed by atoms with Crippen molar-refractivity contribution in [2.24, 2.45) is 0 Å². The second-order valence-electron chi connectivity index (χ2n) is 4.04. The van der Waals surface area contributed by atoms with Crippen molar-refractivity contribution in [3.63, 3.8) is 0 Å². The molecule has 1 heterocycles. The zero-order valence-corrected chi connectivity index (χ0v) is 11.9. The molecule has 0 saturated carbocycles. The molecule has 1 rings (SSSR count). The van der Waals surface area contributed by atoms with Gasteiger partial charge in [-0.1, -0.05) is 6.92 Å². The van der Waals surface area contributed by atoms with Gasteiger partial charge in [-0.25, -0.2) is 0 Å². The highest BCUT2D eigenvalue weighted by Crippen LogP contribution is 2.05. The monoisotopic (exact) mass is 287 g/mol. The zero-order chi connectivity index (χ0) is 11.3. The molecule has 1 saturated heterocycles. The van der Waals surface area contributed by atoms with Gasteiger partial charge < -0.3 is 20.6 Å². The van der Waals surface area contributed by atoms with E-state index in [-0.39, 0.29) is 42.9 Å². The Labute approximate surface area is 115 Å². The third kappa shape index (κ3) is 7.06. The van der Waals surface area contributed by atoms with Gasteiger partial charge >= 0.3 is 0 Å². The Balaban J connectivity index is 0. The SMILES string of the molecule is CCN(C)CCNC(=O)C1CC(O)CN1.Cl.Cl. The van der Waals surface area contributed by atoms with E-state index in [1.807, 2.05) is 7.05 Å². The van der Waals surface area contributed by atoms with Crippen molar-refractivity contribution in [3.8, 4) is 0 Å². The second-order valence-corrected chi connectivity index (χ2v) is 4.04. The van der Waals surface area contributed by atoms with Gasteiger partial charge in [0.15, 0.2) is 0 Å². The number of amides is 1. The van der Waals surface area contributed by atoms with Gasteiger partial charge in [0, 0.05) is 19.6 Å². The number of hydrogen-bond acceptors (Lipinski definition) is 4. The first-order valence-corrected chi connectivity index (χ1v) is 5.51. The quantitative estimate of drug-likeness (QED) is 0.645. The Morgan fingerprint density at radius 2 is 2.18 bits per heavy atom. The van der Waals surface area contributed by atoms with Crippen LogP contribution in [0.15, 0.2) is 0 Å². The highest BCUT2D eigenvalue weighted by Gasteiger charge is 2.27. The molecule has 0 aromatic heterocycles. The zero-order valence-electron chi connectivity index (χ0n) is 10.3. The average molecular weight is 288 g/mol. The van der Waals surface area contributed by atoms with Crippen LogP contribution >= 0.6 is 24.8 Å². The van der Waals surface area contributed by atoms with Crippen molar-refractivity contribution in [2.45, 2.75) is 25.5 Å². The van der Waals surface area contributed by atoms with Gasteiger partial charge in [-0.15, -0.1) is 24.8 Å². The summed E-state index contributed by atoms with van der Waals surface area (Å²) in [7, 11) is 2.02. The molecule has 3 N–H and O–H groups in total. The predicted octanol–water partition coefficient (Wildman–Crippen LogP) is -0.379. The minimum atomic E-state index is -0.376. The molecule has 104 valence electrons. The van der Waals surface area contributed by atoms with Gasteiger partial charge in [-0.05, 0) is 20.0 Å². The van der Waals surface area contributed by atoms with E-state index in [4.69, 9.17) is 0 Å². The lowest BCUT2D eigenvalue weighted by Gasteiger charge is -2.15. The third-order valence-electron chi connectivity index (χ3n) is 2.76. The first-order chi connectivity index (χ1) is 7.13. The molecule has 5 nitrogen and oxygen atoms in total. The molecule has 0 aliphatic carbocycles. The van der Waals surface area contributed by atoms with Crippen LogP contribution in [0.3, 0.4) is 0 Å². The molecule has 2 unspecified atom stereocenters. The van der Waals surface area contributed by atoms with Crippen molar-refractivity contribution < 1.29 is 9.90 Å². The molecule has 0 radical (unpaired) electrons. The number of nitrogens with one attached hydrogen (secondary N) is 2. The molecular formula is C10H23Cl2N3O2. The van der Waals surface area contributed by atoms with E-state index in [9.17, 15) is 9.90 Å². The van der Waals surface area contributed by atoms with Crippen LogP contribution in [0, 0.1) is 0 Å². The van der Waals surface area contributed by atoms with E-state index in [1.54, 1.807) is 0 Å². The van der Waals surface area contributed by atoms with E-state index in [0.29, 0.717) is 19.5 Å². The smallest absolute Gasteiger partial charge is 0.237 e. The normalized spacial score (nSPS) is 22.8. The fourth-order valence-corrected chi connectivity index (χ4v) is 1.57. The largest absolute Gasteiger partial charge is 0.392 e. The highest BCUT2D eigenvalue weighted by atomic mass is 35.5. The Kier molecular flexibility index (Phi) is 11.2. The molecule has 0 aromatic rings. The number of aliphatic hydroxyl groups is 1. The Morgan fingerprint density at radius 3 is 2.65 bits per heavy atom. The summed E-state index contributed by atoms with van der Waals surface area (Å²) in [5.41, 5.74) is 0. The van der Waals surface area contributed by atoms with Crippen LogP contribution in [0.25, 0.3) is 0 Å². The molecule has 7 heteroatoms. The molecule has 0 bridgehead atoms. The minimum Gasteiger partial charge on any atom is -0.392 e. The highest BCUT2D eigenvalue weighted by molar-refractivity contribution is 5.85. The topological polar surface area (TPSA) is 64.6 Å². The van der Waals surface area contributed by atoms with Crippen LogP contribution in [0.5, 0.6) is 0 Å². The number of β-amino-alcohol motifs (C(OH)–C–C–N with tert-alkyl or cyclic N) is 1. The number of likely N-dealkylation sites (N-methyl/N-ethyl adjacent to an activating group) is 1. The third-order valence-corrected chi connectivity index (χ3v) is 2.76. The minimum absolute atomic E-state index is 0. The molecule has 1 aliphatic heterocycles. The Hall–Kier alpha value is -0.0700. The van der Waals surface area contributed by atoms with Crippen LogP contribution in [0.4, 0.5) is 0 Å². The lowest BCUT2D eigenvalue weighted by Crippen LogP contribution is -2.42. The number of aliphatic hydroxyl groups excluding tert-OH is 1. The van der Waals surface area contributed by atoms with Crippen molar-refractivity contribution in [2.75, 3.05) is 33.2 Å². The molecule has 1 aliphatic rings. The van der Waals surface area contributed by atoms with E-state index in [1.165, 1.54) is 0 Å². The van der Waals surface area contributed by atoms with E-state index >= 15 is 0 Å². The standard InChI is InChI=1S/C10H21N3O2.2ClH/c1-3-13(2)5-4-11-10(15)9-6-8(14)7-12-9;;/h8-9,12,14H,3-7H2,1-2H3,(H,11,15);2*1H. The lowest BCUT2D eigenvalue weighted by atomic mass is 10.2. The second kappa shape index (κ2) is 9.91. The first kappa shape index (κ1) is 19.3. The summed E-state index contributed by atoms with van der Waals surface area (Å²) in [5.74, 6) is -0.00365. The summed E-state index contributed by atoms with van der Waals surface area (Å²) >= 11 is 0. The molecule has 0 aromatic carbocycles. The number of rotatable bonds is 5. The summed E-state index contributed by atoms with van der Waals surface area (Å²) < 4.78 is 0. The van der Waals surface area contributed by atoms with Crippen LogP contribution in [-0.2, 0) is 4.79 Å². The van der Waals surface area contributed by atoms with Gasteiger partial charge in [0.2, 0.25) is 5.91 Å². The Bertz CT molecular complexity index is 220. The van der Waals surface area contributed by atoms with E-state index < -0.39 is 0 Å². The van der Waals surface area contributed by atoms with Crippen LogP contribution < -0.4 is 10.6 Å². The summed E-state index contributed by atoms with van der Waals surface area (Å²) in [4.78, 5) is 13.7. The predicted molar refractivity (Wildman–Crippen MR) is 73.1 cm³/mol. The number of nitrogens with zero attached hydrogens (tertiary/aromatic N) is 1. The molecule has 0 spiro atoms. The van der Waals surface area contributed by atoms with Crippen LogP contribution in [-0.4, -0.2) is 61.3 Å². The number of carbonyl (C=O) groups excluding carboxylic acids is 1. The van der Waals surface area contributed by atoms with Gasteiger partial charge in [-0.2, -0.15) is 0 Å². The summed E-state index contributed by atoms with van der Waals surface area (Å²) in [5, 5.41) is 15.1. The molecule has 1 amide bonds. The van der Waals surface area contributed by atoms with Gasteiger partial charge in [0.1, 0.15) is 0 Å². The number of hydrogen-bond donors (Lipinski definition) is 3.